The van der Waals surface area contributed by atoms with Crippen LogP contribution in [0.1, 0.15) is 76.1 Å². The summed E-state index contributed by atoms with van der Waals surface area (Å²) in [5, 5.41) is 38.5. The van der Waals surface area contributed by atoms with Gasteiger partial charge in [0, 0.05) is 57.9 Å². The molecule has 0 saturated carbocycles. The lowest BCUT2D eigenvalue weighted by molar-refractivity contribution is 0.0105. The summed E-state index contributed by atoms with van der Waals surface area (Å²) < 4.78 is 22.7. The molecule has 63 heavy (non-hydrogen) atoms. The van der Waals surface area contributed by atoms with E-state index in [1.165, 1.54) is 24.3 Å². The van der Waals surface area contributed by atoms with Crippen LogP contribution in [0, 0.1) is 0 Å². The van der Waals surface area contributed by atoms with Crippen molar-refractivity contribution in [3.8, 4) is 5.75 Å². The van der Waals surface area contributed by atoms with Crippen molar-refractivity contribution < 1.29 is 58.6 Å². The fraction of sp³-hybridized carbons (Fsp3) is 0.326. The highest BCUT2D eigenvalue weighted by molar-refractivity contribution is 5.86. The number of nitrogens with zero attached hydrogens (tertiary/aromatic N) is 7. The van der Waals surface area contributed by atoms with E-state index in [-0.39, 0.29) is 75.3 Å². The smallest absolute Gasteiger partial charge is 0.354 e. The predicted molar refractivity (Wildman–Crippen MR) is 222 cm³/mol. The molecule has 0 amide bonds. The number of carboxylic acids is 4. The Hall–Kier alpha value is -6.81. The third kappa shape index (κ3) is 16.2. The lowest BCUT2D eigenvalue weighted by atomic mass is 10.2. The van der Waals surface area contributed by atoms with Crippen LogP contribution in [0.5, 0.6) is 5.75 Å². The number of aromatic nitrogens is 5. The zero-order valence-electron chi connectivity index (χ0n) is 34.2. The highest BCUT2D eigenvalue weighted by Gasteiger charge is 2.19. The fourth-order valence-corrected chi connectivity index (χ4v) is 6.17. The van der Waals surface area contributed by atoms with Gasteiger partial charge in [-0.2, -0.15) is 0 Å². The SMILES string of the molecule is NCCOCCOCCOCCOc1cc(CN(Cc2cccc(C(=O)O)n2)Cc2cccc(C(=O)O)n2)nc(CN(Cc2cccc(C(=O)O)n2)Cc2cccc(C(=O)O)n2)c1. The molecule has 0 aliphatic carbocycles. The highest BCUT2D eigenvalue weighted by Crippen LogP contribution is 2.21. The first-order chi connectivity index (χ1) is 30.4. The van der Waals surface area contributed by atoms with Gasteiger partial charge in [0.05, 0.1) is 73.8 Å². The Morgan fingerprint density at radius 3 is 1.05 bits per heavy atom. The Morgan fingerprint density at radius 1 is 0.429 bits per heavy atom. The van der Waals surface area contributed by atoms with Gasteiger partial charge in [0.15, 0.2) is 0 Å². The molecule has 0 unspecified atom stereocenters. The van der Waals surface area contributed by atoms with Crippen molar-refractivity contribution in [2.45, 2.75) is 39.3 Å². The molecule has 0 saturated heterocycles. The molecule has 0 aliphatic heterocycles. The molecule has 0 aromatic carbocycles. The van der Waals surface area contributed by atoms with E-state index in [1.807, 2.05) is 9.80 Å². The number of hydrogen-bond acceptors (Lipinski definition) is 16. The van der Waals surface area contributed by atoms with E-state index in [1.54, 1.807) is 60.7 Å². The number of hydrogen-bond donors (Lipinski definition) is 5. The van der Waals surface area contributed by atoms with Crippen LogP contribution < -0.4 is 10.5 Å². The minimum absolute atomic E-state index is 0.126. The number of rotatable bonds is 28. The van der Waals surface area contributed by atoms with E-state index in [0.29, 0.717) is 79.5 Å². The van der Waals surface area contributed by atoms with E-state index < -0.39 is 23.9 Å². The molecule has 6 N–H and O–H groups in total. The molecule has 0 radical (unpaired) electrons. The second kappa shape index (κ2) is 24.6. The second-order valence-corrected chi connectivity index (χ2v) is 13.8. The van der Waals surface area contributed by atoms with Crippen LogP contribution in [0.15, 0.2) is 84.9 Å². The van der Waals surface area contributed by atoms with Crippen molar-refractivity contribution in [1.82, 2.24) is 34.7 Å². The second-order valence-electron chi connectivity index (χ2n) is 13.8. The van der Waals surface area contributed by atoms with Gasteiger partial charge >= 0.3 is 23.9 Å². The fourth-order valence-electron chi connectivity index (χ4n) is 6.17. The van der Waals surface area contributed by atoms with Crippen LogP contribution in [0.3, 0.4) is 0 Å². The standard InChI is InChI=1S/C43H48N8O12/c44-13-14-60-15-16-61-17-18-62-19-20-63-35-21-33(27-50(23-29-5-1-9-36(46-29)40(52)53)24-30-6-2-10-37(47-30)41(54)55)45-34(22-35)28-51(25-31-7-3-11-38(48-31)42(56)57)26-32-8-4-12-39(49-32)43(58)59/h1-12,21-22H,13-20,23-28,44H2,(H,52,53)(H,54,55)(H,56,57)(H,58,59). The average molecular weight is 869 g/mol. The first kappa shape index (κ1) is 47.2. The summed E-state index contributed by atoms with van der Waals surface area (Å²) in [6, 6.07) is 22.1. The van der Waals surface area contributed by atoms with Crippen LogP contribution in [-0.2, 0) is 53.5 Å². The molecule has 332 valence electrons. The van der Waals surface area contributed by atoms with E-state index >= 15 is 0 Å². The zero-order chi connectivity index (χ0) is 45.0. The topological polar surface area (TPSA) is 283 Å². The third-order valence-corrected chi connectivity index (χ3v) is 8.82. The van der Waals surface area contributed by atoms with Gasteiger partial charge in [0.1, 0.15) is 35.1 Å². The summed E-state index contributed by atoms with van der Waals surface area (Å²) in [6.45, 7) is 3.55. The summed E-state index contributed by atoms with van der Waals surface area (Å²) in [7, 11) is 0. The van der Waals surface area contributed by atoms with Crippen LogP contribution >= 0.6 is 0 Å². The van der Waals surface area contributed by atoms with E-state index in [2.05, 4.69) is 19.9 Å². The largest absolute Gasteiger partial charge is 0.491 e. The normalized spacial score (nSPS) is 11.2. The lowest BCUT2D eigenvalue weighted by Crippen LogP contribution is -2.26. The first-order valence-electron chi connectivity index (χ1n) is 19.7. The molecule has 5 aromatic heterocycles. The lowest BCUT2D eigenvalue weighted by Gasteiger charge is -2.24. The summed E-state index contributed by atoms with van der Waals surface area (Å²) in [5.74, 6) is -4.35. The first-order valence-corrected chi connectivity index (χ1v) is 19.7. The summed E-state index contributed by atoms with van der Waals surface area (Å²) in [4.78, 5) is 73.0. The highest BCUT2D eigenvalue weighted by atomic mass is 16.6. The number of ether oxygens (including phenoxy) is 4. The molecule has 0 bridgehead atoms. The number of nitrogens with two attached hydrogens (primary N) is 1. The molecular formula is C43H48N8O12. The van der Waals surface area contributed by atoms with Gasteiger partial charge in [-0.25, -0.2) is 39.1 Å². The Kier molecular flexibility index (Phi) is 18.4. The monoisotopic (exact) mass is 868 g/mol. The maximum Gasteiger partial charge on any atom is 0.354 e. The number of aromatic carboxylic acids is 4. The Balaban J connectivity index is 1.44. The Labute approximate surface area is 361 Å². The minimum atomic E-state index is -1.20. The van der Waals surface area contributed by atoms with Gasteiger partial charge in [-0.3, -0.25) is 14.8 Å². The van der Waals surface area contributed by atoms with E-state index in [9.17, 15) is 39.6 Å². The minimum Gasteiger partial charge on any atom is -0.491 e. The summed E-state index contributed by atoms with van der Waals surface area (Å²) in [6.07, 6.45) is 0. The Morgan fingerprint density at radius 2 is 0.730 bits per heavy atom. The number of pyridine rings is 5. The van der Waals surface area contributed by atoms with Crippen molar-refractivity contribution in [3.05, 3.63) is 142 Å². The van der Waals surface area contributed by atoms with Crippen molar-refractivity contribution in [2.75, 3.05) is 52.8 Å². The molecule has 0 fully saturated rings. The molecule has 0 aliphatic rings. The van der Waals surface area contributed by atoms with Gasteiger partial charge < -0.3 is 45.1 Å². The molecule has 0 spiro atoms. The zero-order valence-corrected chi connectivity index (χ0v) is 34.2. The van der Waals surface area contributed by atoms with Gasteiger partial charge in [-0.15, -0.1) is 0 Å². The van der Waals surface area contributed by atoms with Crippen molar-refractivity contribution in [1.29, 1.82) is 0 Å². The summed E-state index contributed by atoms with van der Waals surface area (Å²) >= 11 is 0. The number of carboxylic acid groups (broad SMARTS) is 4. The molecule has 5 rings (SSSR count). The molecule has 5 heterocycles. The van der Waals surface area contributed by atoms with E-state index in [4.69, 9.17) is 29.7 Å². The van der Waals surface area contributed by atoms with Crippen LogP contribution in [0.25, 0.3) is 0 Å². The third-order valence-electron chi connectivity index (χ3n) is 8.82. The van der Waals surface area contributed by atoms with E-state index in [0.717, 1.165) is 0 Å². The predicted octanol–water partition coefficient (Wildman–Crippen LogP) is 3.25. The Bertz CT molecular complexity index is 2050. The van der Waals surface area contributed by atoms with Gasteiger partial charge in [0.25, 0.3) is 0 Å². The van der Waals surface area contributed by atoms with Crippen LogP contribution in [0.2, 0.25) is 0 Å². The molecule has 20 heteroatoms. The quantitative estimate of drug-likeness (QED) is 0.0451. The average Bonchev–Trinajstić information content (AvgIpc) is 3.25. The molecule has 0 atom stereocenters. The molecular weight excluding hydrogens is 821 g/mol. The molecule has 20 nitrogen and oxygen atoms in total. The van der Waals surface area contributed by atoms with Crippen molar-refractivity contribution in [3.63, 3.8) is 0 Å². The van der Waals surface area contributed by atoms with Gasteiger partial charge in [-0.1, -0.05) is 24.3 Å². The van der Waals surface area contributed by atoms with Gasteiger partial charge in [0.2, 0.25) is 0 Å². The maximum absolute atomic E-state index is 11.8. The maximum atomic E-state index is 11.8. The van der Waals surface area contributed by atoms with Crippen LogP contribution in [0.4, 0.5) is 0 Å². The van der Waals surface area contributed by atoms with Crippen molar-refractivity contribution >= 4 is 23.9 Å². The molecule has 5 aromatic rings. The van der Waals surface area contributed by atoms with Gasteiger partial charge in [-0.05, 0) is 48.5 Å². The van der Waals surface area contributed by atoms with Crippen LogP contribution in [-0.4, -0.2) is 132 Å². The van der Waals surface area contributed by atoms with Crippen molar-refractivity contribution in [2.24, 2.45) is 5.73 Å². The number of carbonyl (C=O) groups is 4. The summed E-state index contributed by atoms with van der Waals surface area (Å²) in [5.41, 5.74) is 7.57.